The molecular formula is C12H6Cl2F2N2. The van der Waals surface area contributed by atoms with Crippen molar-refractivity contribution in [3.8, 4) is 0 Å². The molecule has 18 heavy (non-hydrogen) atoms. The number of hydrogen-bond donors (Lipinski definition) is 0. The Bertz CT molecular complexity index is 752. The van der Waals surface area contributed by atoms with Gasteiger partial charge in [-0.15, -0.1) is 0 Å². The van der Waals surface area contributed by atoms with Crippen LogP contribution in [0.5, 0.6) is 0 Å². The van der Waals surface area contributed by atoms with Crippen LogP contribution in [0.2, 0.25) is 10.2 Å². The second-order valence-electron chi connectivity index (χ2n) is 3.80. The molecular weight excluding hydrogens is 281 g/mol. The lowest BCUT2D eigenvalue weighted by atomic mass is 10.1. The molecule has 0 fully saturated rings. The SMILES string of the molecule is FC(F)n1ccc2c3cccc(Cl)c3nc(Cl)c21. The minimum atomic E-state index is -2.65. The lowest BCUT2D eigenvalue weighted by Crippen LogP contribution is -1.97. The van der Waals surface area contributed by atoms with E-state index in [9.17, 15) is 8.78 Å². The minimum absolute atomic E-state index is 0.0240. The van der Waals surface area contributed by atoms with Crippen molar-refractivity contribution in [3.05, 3.63) is 40.6 Å². The van der Waals surface area contributed by atoms with E-state index in [2.05, 4.69) is 4.98 Å². The lowest BCUT2D eigenvalue weighted by Gasteiger charge is -2.07. The van der Waals surface area contributed by atoms with E-state index in [-0.39, 0.29) is 10.7 Å². The second-order valence-corrected chi connectivity index (χ2v) is 4.57. The number of nitrogens with zero attached hydrogens (tertiary/aromatic N) is 2. The molecule has 0 N–H and O–H groups in total. The highest BCUT2D eigenvalue weighted by Crippen LogP contribution is 2.34. The van der Waals surface area contributed by atoms with E-state index < -0.39 is 6.55 Å². The Balaban J connectivity index is 2.53. The molecule has 2 aromatic heterocycles. The molecule has 6 heteroatoms. The molecule has 1 aromatic carbocycles. The van der Waals surface area contributed by atoms with Gasteiger partial charge in [0.1, 0.15) is 0 Å². The first-order valence-electron chi connectivity index (χ1n) is 5.12. The zero-order chi connectivity index (χ0) is 12.9. The average Bonchev–Trinajstić information content (AvgIpc) is 2.76. The van der Waals surface area contributed by atoms with Crippen LogP contribution in [0.25, 0.3) is 21.8 Å². The Morgan fingerprint density at radius 3 is 2.61 bits per heavy atom. The number of benzene rings is 1. The Morgan fingerprint density at radius 1 is 1.11 bits per heavy atom. The summed E-state index contributed by atoms with van der Waals surface area (Å²) in [6.45, 7) is -2.65. The van der Waals surface area contributed by atoms with Crippen molar-refractivity contribution in [2.45, 2.75) is 6.55 Å². The largest absolute Gasteiger partial charge is 0.319 e. The van der Waals surface area contributed by atoms with Gasteiger partial charge in [-0.25, -0.2) is 4.98 Å². The van der Waals surface area contributed by atoms with Gasteiger partial charge in [0, 0.05) is 17.0 Å². The Labute approximate surface area is 111 Å². The molecule has 0 radical (unpaired) electrons. The number of aromatic nitrogens is 2. The van der Waals surface area contributed by atoms with E-state index in [0.717, 1.165) is 4.57 Å². The van der Waals surface area contributed by atoms with Crippen LogP contribution >= 0.6 is 23.2 Å². The van der Waals surface area contributed by atoms with Crippen LogP contribution in [0.1, 0.15) is 6.55 Å². The molecule has 3 rings (SSSR count). The first-order chi connectivity index (χ1) is 8.59. The van der Waals surface area contributed by atoms with Gasteiger partial charge in [-0.3, -0.25) is 4.57 Å². The van der Waals surface area contributed by atoms with Gasteiger partial charge in [0.2, 0.25) is 0 Å². The summed E-state index contributed by atoms with van der Waals surface area (Å²) in [5.74, 6) is 0. The highest BCUT2D eigenvalue weighted by atomic mass is 35.5. The predicted octanol–water partition coefficient (Wildman–Crippen LogP) is 4.89. The zero-order valence-electron chi connectivity index (χ0n) is 8.87. The molecule has 3 aromatic rings. The number of pyridine rings is 1. The van der Waals surface area contributed by atoms with Crippen molar-refractivity contribution >= 4 is 45.0 Å². The number of fused-ring (bicyclic) bond motifs is 3. The van der Waals surface area contributed by atoms with Crippen LogP contribution in [-0.2, 0) is 0 Å². The first kappa shape index (κ1) is 11.7. The average molecular weight is 287 g/mol. The van der Waals surface area contributed by atoms with Crippen LogP contribution in [-0.4, -0.2) is 9.55 Å². The van der Waals surface area contributed by atoms with Crippen LogP contribution in [0.15, 0.2) is 30.5 Å². The third kappa shape index (κ3) is 1.56. The van der Waals surface area contributed by atoms with Crippen molar-refractivity contribution in [2.24, 2.45) is 0 Å². The quantitative estimate of drug-likeness (QED) is 0.582. The predicted molar refractivity (Wildman–Crippen MR) is 68.5 cm³/mol. The third-order valence-electron chi connectivity index (χ3n) is 2.81. The van der Waals surface area contributed by atoms with Gasteiger partial charge in [-0.05, 0) is 12.1 Å². The number of rotatable bonds is 1. The molecule has 0 aliphatic rings. The van der Waals surface area contributed by atoms with Crippen LogP contribution in [0.3, 0.4) is 0 Å². The summed E-state index contributed by atoms with van der Waals surface area (Å²) in [6, 6.07) is 6.80. The molecule has 0 aliphatic carbocycles. The van der Waals surface area contributed by atoms with Crippen molar-refractivity contribution in [2.75, 3.05) is 0 Å². The summed E-state index contributed by atoms with van der Waals surface area (Å²) < 4.78 is 26.5. The Morgan fingerprint density at radius 2 is 1.89 bits per heavy atom. The maximum absolute atomic E-state index is 12.8. The van der Waals surface area contributed by atoms with E-state index in [4.69, 9.17) is 23.2 Å². The molecule has 0 saturated heterocycles. The van der Waals surface area contributed by atoms with Gasteiger partial charge in [0.25, 0.3) is 0 Å². The third-order valence-corrected chi connectivity index (χ3v) is 3.38. The van der Waals surface area contributed by atoms with Gasteiger partial charge in [0.05, 0.1) is 16.1 Å². The molecule has 0 atom stereocenters. The summed E-state index contributed by atoms with van der Waals surface area (Å²) in [4.78, 5) is 4.10. The van der Waals surface area contributed by atoms with Crippen LogP contribution in [0.4, 0.5) is 8.78 Å². The topological polar surface area (TPSA) is 17.8 Å². The highest BCUT2D eigenvalue weighted by Gasteiger charge is 2.16. The van der Waals surface area contributed by atoms with Crippen LogP contribution < -0.4 is 0 Å². The van der Waals surface area contributed by atoms with Crippen molar-refractivity contribution in [1.29, 1.82) is 0 Å². The maximum Gasteiger partial charge on any atom is 0.319 e. The molecule has 0 spiro atoms. The summed E-state index contributed by atoms with van der Waals surface area (Å²) in [6.07, 6.45) is 1.29. The summed E-state index contributed by atoms with van der Waals surface area (Å²) >= 11 is 12.0. The molecule has 0 bridgehead atoms. The van der Waals surface area contributed by atoms with E-state index >= 15 is 0 Å². The molecule has 92 valence electrons. The first-order valence-corrected chi connectivity index (χ1v) is 5.87. The van der Waals surface area contributed by atoms with Crippen molar-refractivity contribution < 1.29 is 8.78 Å². The second kappa shape index (κ2) is 4.07. The van der Waals surface area contributed by atoms with E-state index in [1.807, 2.05) is 0 Å². The Kier molecular flexibility index (Phi) is 2.64. The number of halogens is 4. The fourth-order valence-corrected chi connectivity index (χ4v) is 2.54. The summed E-state index contributed by atoms with van der Waals surface area (Å²) in [5, 5.41) is 1.80. The van der Waals surface area contributed by atoms with E-state index in [1.165, 1.54) is 6.20 Å². The number of hydrogen-bond acceptors (Lipinski definition) is 1. The fraction of sp³-hybridized carbons (Fsp3) is 0.0833. The molecule has 0 amide bonds. The van der Waals surface area contributed by atoms with Crippen molar-refractivity contribution in [3.63, 3.8) is 0 Å². The molecule has 2 heterocycles. The molecule has 0 aliphatic heterocycles. The molecule has 0 unspecified atom stereocenters. The summed E-state index contributed by atoms with van der Waals surface area (Å²) in [7, 11) is 0. The van der Waals surface area contributed by atoms with Gasteiger partial charge >= 0.3 is 6.55 Å². The van der Waals surface area contributed by atoms with Gasteiger partial charge in [-0.1, -0.05) is 35.3 Å². The zero-order valence-corrected chi connectivity index (χ0v) is 10.4. The molecule has 0 saturated carbocycles. The minimum Gasteiger partial charge on any atom is -0.288 e. The van der Waals surface area contributed by atoms with E-state index in [0.29, 0.717) is 21.3 Å². The normalized spacial score (nSPS) is 11.8. The Hall–Kier alpha value is -1.39. The number of alkyl halides is 2. The van der Waals surface area contributed by atoms with Gasteiger partial charge < -0.3 is 0 Å². The molecule has 2 nitrogen and oxygen atoms in total. The highest BCUT2D eigenvalue weighted by molar-refractivity contribution is 6.38. The standard InChI is InChI=1S/C12H6Cl2F2N2/c13-8-3-1-2-6-7-4-5-18(12(15)16)10(7)11(14)17-9(6)8/h1-5,12H. The maximum atomic E-state index is 12.8. The van der Waals surface area contributed by atoms with E-state index in [1.54, 1.807) is 24.3 Å². The lowest BCUT2D eigenvalue weighted by molar-refractivity contribution is 0.0752. The number of para-hydroxylation sites is 1. The monoisotopic (exact) mass is 286 g/mol. The van der Waals surface area contributed by atoms with Crippen molar-refractivity contribution in [1.82, 2.24) is 9.55 Å². The van der Waals surface area contributed by atoms with Gasteiger partial charge in [0.15, 0.2) is 5.15 Å². The fourth-order valence-electron chi connectivity index (χ4n) is 2.04. The summed E-state index contributed by atoms with van der Waals surface area (Å²) in [5.41, 5.74) is 0.741. The van der Waals surface area contributed by atoms with Gasteiger partial charge in [-0.2, -0.15) is 8.78 Å². The van der Waals surface area contributed by atoms with Crippen LogP contribution in [0, 0.1) is 0 Å². The smallest absolute Gasteiger partial charge is 0.288 e.